The summed E-state index contributed by atoms with van der Waals surface area (Å²) in [6, 6.07) is 7.30. The average Bonchev–Trinajstić information content (AvgIpc) is 3.40. The van der Waals surface area contributed by atoms with Crippen LogP contribution in [0, 0.1) is 5.92 Å². The monoisotopic (exact) mass is 579 g/mol. The molecule has 0 radical (unpaired) electrons. The number of halogens is 4. The number of nitrogens with zero attached hydrogens (tertiary/aromatic N) is 3. The fraction of sp³-hybridized carbons (Fsp3) is 0.308. The van der Waals surface area contributed by atoms with Gasteiger partial charge in [0, 0.05) is 23.6 Å². The molecular weight excluding hydrogens is 559 g/mol. The van der Waals surface area contributed by atoms with Crippen molar-refractivity contribution < 1.29 is 37.4 Å². The number of rotatable bonds is 6. The highest BCUT2D eigenvalue weighted by atomic mass is 35.5. The summed E-state index contributed by atoms with van der Waals surface area (Å²) in [4.78, 5) is 38.8. The van der Waals surface area contributed by atoms with Gasteiger partial charge in [-0.3, -0.25) is 19.2 Å². The number of carbonyl (C=O) groups excluding carboxylic acids is 2. The Morgan fingerprint density at radius 3 is 2.64 bits per heavy atom. The van der Waals surface area contributed by atoms with Gasteiger partial charge >= 0.3 is 12.1 Å². The first-order valence-electron chi connectivity index (χ1n) is 11.9. The fourth-order valence-electron chi connectivity index (χ4n) is 4.86. The third-order valence-corrected chi connectivity index (χ3v) is 7.85. The molecule has 1 unspecified atom stereocenters. The summed E-state index contributed by atoms with van der Waals surface area (Å²) < 4.78 is 47.3. The molecule has 3 heterocycles. The minimum Gasteiger partial charge on any atom is -0.480 e. The highest BCUT2D eigenvalue weighted by molar-refractivity contribution is 8.18. The van der Waals surface area contributed by atoms with Crippen LogP contribution in [0.25, 0.3) is 17.0 Å². The van der Waals surface area contributed by atoms with Crippen molar-refractivity contribution in [2.45, 2.75) is 31.6 Å². The first kappa shape index (κ1) is 27.2. The molecule has 2 fully saturated rings. The Hall–Kier alpha value is -3.35. The standard InChI is InChI=1S/C26H21ClF3N3O5S/c27-18-3-2-16(19(11-18)26(28,29)30)13-32-20-4-1-14(9-17(20)12-31-32)10-21-23(34)33(25(37)39-21)22(24(35)36)15-5-7-38-8-6-15/h1-4,9-12,15,22H,5-8,13H2,(H,35,36)/b21-10-. The summed E-state index contributed by atoms with van der Waals surface area (Å²) >= 11 is 6.45. The highest BCUT2D eigenvalue weighted by Gasteiger charge is 2.46. The number of fused-ring (bicyclic) bond motifs is 1. The van der Waals surface area contributed by atoms with Crippen LogP contribution in [0.4, 0.5) is 18.0 Å². The molecule has 2 amide bonds. The molecule has 2 aliphatic rings. The van der Waals surface area contributed by atoms with E-state index in [0.29, 0.717) is 54.3 Å². The average molecular weight is 580 g/mol. The van der Waals surface area contributed by atoms with E-state index < -0.39 is 40.8 Å². The molecule has 8 nitrogen and oxygen atoms in total. The SMILES string of the molecule is O=C(O)C(C1CCOCC1)N1C(=O)S/C(=C\c2ccc3c(cnn3Cc3ccc(Cl)cc3C(F)(F)F)c2)C1=O. The number of aliphatic carboxylic acids is 1. The third-order valence-electron chi connectivity index (χ3n) is 6.73. The number of alkyl halides is 3. The summed E-state index contributed by atoms with van der Waals surface area (Å²) in [6.07, 6.45) is -0.736. The van der Waals surface area contributed by atoms with Crippen molar-refractivity contribution in [2.75, 3.05) is 13.2 Å². The van der Waals surface area contributed by atoms with Gasteiger partial charge in [0.05, 0.1) is 28.7 Å². The van der Waals surface area contributed by atoms with Gasteiger partial charge < -0.3 is 9.84 Å². The minimum atomic E-state index is -4.58. The molecule has 0 aliphatic carbocycles. The number of carboxylic acids is 1. The van der Waals surface area contributed by atoms with Gasteiger partial charge in [0.2, 0.25) is 0 Å². The molecule has 13 heteroatoms. The molecule has 39 heavy (non-hydrogen) atoms. The number of carbonyl (C=O) groups is 3. The van der Waals surface area contributed by atoms with E-state index in [9.17, 15) is 32.7 Å². The number of hydrogen-bond donors (Lipinski definition) is 1. The molecule has 3 aromatic rings. The molecule has 1 aromatic heterocycles. The number of thioether (sulfide) groups is 1. The number of amides is 2. The summed E-state index contributed by atoms with van der Waals surface area (Å²) in [6.45, 7) is 0.587. The minimum absolute atomic E-state index is 0.00663. The van der Waals surface area contributed by atoms with Gasteiger partial charge in [-0.25, -0.2) is 4.79 Å². The second-order valence-electron chi connectivity index (χ2n) is 9.20. The number of hydrogen-bond acceptors (Lipinski definition) is 6. The molecule has 1 N–H and O–H groups in total. The first-order chi connectivity index (χ1) is 18.5. The lowest BCUT2D eigenvalue weighted by molar-refractivity contribution is -0.149. The molecule has 1 atom stereocenters. The normalized spacial score (nSPS) is 18.9. The number of benzene rings is 2. The lowest BCUT2D eigenvalue weighted by Crippen LogP contribution is -2.49. The molecular formula is C26H21ClF3N3O5S. The van der Waals surface area contributed by atoms with E-state index in [-0.39, 0.29) is 22.0 Å². The second-order valence-corrected chi connectivity index (χ2v) is 10.6. The van der Waals surface area contributed by atoms with E-state index in [1.807, 2.05) is 0 Å². The van der Waals surface area contributed by atoms with E-state index in [1.54, 1.807) is 18.2 Å². The summed E-state index contributed by atoms with van der Waals surface area (Å²) in [7, 11) is 0. The lowest BCUT2D eigenvalue weighted by Gasteiger charge is -2.31. The maximum atomic E-state index is 13.5. The van der Waals surface area contributed by atoms with Crippen molar-refractivity contribution in [3.63, 3.8) is 0 Å². The van der Waals surface area contributed by atoms with E-state index >= 15 is 0 Å². The van der Waals surface area contributed by atoms with Crippen LogP contribution in [0.15, 0.2) is 47.5 Å². The van der Waals surface area contributed by atoms with Gasteiger partial charge in [-0.15, -0.1) is 0 Å². The van der Waals surface area contributed by atoms with Crippen molar-refractivity contribution in [3.8, 4) is 0 Å². The molecule has 0 bridgehead atoms. The highest BCUT2D eigenvalue weighted by Crippen LogP contribution is 2.38. The van der Waals surface area contributed by atoms with Crippen molar-refractivity contribution in [2.24, 2.45) is 5.92 Å². The third kappa shape index (κ3) is 5.54. The van der Waals surface area contributed by atoms with Crippen LogP contribution < -0.4 is 0 Å². The van der Waals surface area contributed by atoms with Gasteiger partial charge in [-0.1, -0.05) is 23.7 Å². The van der Waals surface area contributed by atoms with Gasteiger partial charge in [-0.2, -0.15) is 18.3 Å². The van der Waals surface area contributed by atoms with Gasteiger partial charge in [0.1, 0.15) is 6.04 Å². The molecule has 0 spiro atoms. The van der Waals surface area contributed by atoms with Crippen molar-refractivity contribution >= 4 is 57.5 Å². The quantitative estimate of drug-likeness (QED) is 0.375. The zero-order chi connectivity index (χ0) is 27.9. The smallest absolute Gasteiger partial charge is 0.416 e. The Kier molecular flexibility index (Phi) is 7.45. The van der Waals surface area contributed by atoms with Crippen LogP contribution in [0.2, 0.25) is 5.02 Å². The Morgan fingerprint density at radius 1 is 1.21 bits per heavy atom. The zero-order valence-electron chi connectivity index (χ0n) is 20.2. The van der Waals surface area contributed by atoms with Crippen LogP contribution >= 0.6 is 23.4 Å². The lowest BCUT2D eigenvalue weighted by atomic mass is 9.90. The second kappa shape index (κ2) is 10.7. The topological polar surface area (TPSA) is 102 Å². The summed E-state index contributed by atoms with van der Waals surface area (Å²) in [5.74, 6) is -2.32. The van der Waals surface area contributed by atoms with Gasteiger partial charge in [0.25, 0.3) is 11.1 Å². The molecule has 0 saturated carbocycles. The maximum Gasteiger partial charge on any atom is 0.416 e. The van der Waals surface area contributed by atoms with Crippen molar-refractivity contribution in [3.05, 3.63) is 69.2 Å². The van der Waals surface area contributed by atoms with E-state index in [0.717, 1.165) is 11.0 Å². The van der Waals surface area contributed by atoms with Gasteiger partial charge in [-0.05, 0) is 72.0 Å². The maximum absolute atomic E-state index is 13.5. The fourth-order valence-corrected chi connectivity index (χ4v) is 5.89. The predicted octanol–water partition coefficient (Wildman–Crippen LogP) is 5.67. The van der Waals surface area contributed by atoms with Crippen LogP contribution in [0.3, 0.4) is 0 Å². The zero-order valence-corrected chi connectivity index (χ0v) is 21.7. The first-order valence-corrected chi connectivity index (χ1v) is 13.1. The van der Waals surface area contributed by atoms with Gasteiger partial charge in [0.15, 0.2) is 0 Å². The number of aromatic nitrogens is 2. The van der Waals surface area contributed by atoms with E-state index in [1.165, 1.54) is 29.1 Å². The summed E-state index contributed by atoms with van der Waals surface area (Å²) in [5, 5.41) is 14.0. The van der Waals surface area contributed by atoms with Crippen molar-refractivity contribution in [1.29, 1.82) is 0 Å². The molecule has 2 aromatic carbocycles. The van der Waals surface area contributed by atoms with E-state index in [4.69, 9.17) is 16.3 Å². The molecule has 5 rings (SSSR count). The molecule has 204 valence electrons. The Balaban J connectivity index is 1.40. The van der Waals surface area contributed by atoms with E-state index in [2.05, 4.69) is 5.10 Å². The van der Waals surface area contributed by atoms with Crippen LogP contribution in [0.5, 0.6) is 0 Å². The van der Waals surface area contributed by atoms with Crippen LogP contribution in [0.1, 0.15) is 29.5 Å². The largest absolute Gasteiger partial charge is 0.480 e. The Morgan fingerprint density at radius 2 is 1.95 bits per heavy atom. The van der Waals surface area contributed by atoms with Crippen molar-refractivity contribution in [1.82, 2.24) is 14.7 Å². The van der Waals surface area contributed by atoms with Crippen LogP contribution in [-0.2, 0) is 27.0 Å². The Labute approximate surface area is 229 Å². The predicted molar refractivity (Wildman–Crippen MR) is 138 cm³/mol. The number of carboxylic acid groups (broad SMARTS) is 1. The van der Waals surface area contributed by atoms with Crippen LogP contribution in [-0.4, -0.2) is 56.2 Å². The molecule has 2 aliphatic heterocycles. The summed E-state index contributed by atoms with van der Waals surface area (Å²) in [5.41, 5.74) is 0.278. The Bertz CT molecular complexity index is 1500. The molecule has 2 saturated heterocycles. The number of imide groups is 1. The number of ether oxygens (including phenoxy) is 1.